The Morgan fingerprint density at radius 2 is 1.61 bits per heavy atom. The van der Waals surface area contributed by atoms with Crippen molar-refractivity contribution in [3.05, 3.63) is 39.9 Å². The van der Waals surface area contributed by atoms with Crippen LogP contribution in [-0.4, -0.2) is 107 Å². The normalized spacial score (nSPS) is 40.5. The van der Waals surface area contributed by atoms with Crippen molar-refractivity contribution in [2.24, 2.45) is 0 Å². The molecule has 9 atom stereocenters. The number of non-ortho nitro benzene ring substituents is 1. The zero-order valence-electron chi connectivity index (χ0n) is 15.9. The van der Waals surface area contributed by atoms with Gasteiger partial charge in [-0.25, -0.2) is 0 Å². The SMILES string of the molecule is O=[N+]([O-])c1ccc(C2(O)OC[C@@H](O)[C@@H](O)[C@@H]2O)cc1.OC[C@H]1OC(S)[C@H](O)[C@@H](O)[C@@H]1O. The molecule has 2 aliphatic rings. The largest absolute Gasteiger partial charge is 0.394 e. The van der Waals surface area contributed by atoms with Gasteiger partial charge in [0.05, 0.1) is 18.1 Å². The molecule has 0 aliphatic carbocycles. The summed E-state index contributed by atoms with van der Waals surface area (Å²) in [6.45, 7) is -0.784. The lowest BCUT2D eigenvalue weighted by Gasteiger charge is -2.41. The van der Waals surface area contributed by atoms with Crippen LogP contribution in [0.3, 0.4) is 0 Å². The first-order chi connectivity index (χ1) is 14.4. The summed E-state index contributed by atoms with van der Waals surface area (Å²) in [4.78, 5) is 9.91. The summed E-state index contributed by atoms with van der Waals surface area (Å²) in [7, 11) is 0. The topological polar surface area (TPSA) is 223 Å². The molecule has 0 amide bonds. The van der Waals surface area contributed by atoms with Gasteiger partial charge in [-0.15, -0.1) is 12.6 Å². The highest BCUT2D eigenvalue weighted by molar-refractivity contribution is 7.80. The number of nitrogens with zero attached hydrogens (tertiary/aromatic N) is 1. The number of hydrogen-bond donors (Lipinski definition) is 9. The van der Waals surface area contributed by atoms with E-state index in [0.717, 1.165) is 12.1 Å². The van der Waals surface area contributed by atoms with Gasteiger partial charge in [0.2, 0.25) is 5.79 Å². The lowest BCUT2D eigenvalue weighted by molar-refractivity contribution is -0.385. The van der Waals surface area contributed by atoms with Crippen molar-refractivity contribution in [3.8, 4) is 0 Å². The second kappa shape index (κ2) is 10.5. The molecule has 31 heavy (non-hydrogen) atoms. The van der Waals surface area contributed by atoms with Crippen LogP contribution in [0.4, 0.5) is 5.69 Å². The molecule has 2 saturated heterocycles. The smallest absolute Gasteiger partial charge is 0.269 e. The molecule has 1 aromatic rings. The Morgan fingerprint density at radius 3 is 2.13 bits per heavy atom. The van der Waals surface area contributed by atoms with E-state index in [1.807, 2.05) is 0 Å². The van der Waals surface area contributed by atoms with Gasteiger partial charge in [-0.3, -0.25) is 10.1 Å². The number of hydrogen-bond acceptors (Lipinski definition) is 13. The maximum atomic E-state index is 10.5. The summed E-state index contributed by atoms with van der Waals surface area (Å²) in [5, 5.41) is 85.5. The second-order valence-electron chi connectivity index (χ2n) is 7.03. The highest BCUT2D eigenvalue weighted by Crippen LogP contribution is 2.34. The summed E-state index contributed by atoms with van der Waals surface area (Å²) in [5.41, 5.74) is -1.00. The van der Waals surface area contributed by atoms with E-state index in [1.54, 1.807) is 0 Å². The molecule has 3 rings (SSSR count). The molecule has 2 fully saturated rings. The second-order valence-corrected chi connectivity index (χ2v) is 7.54. The molecule has 2 aliphatic heterocycles. The standard InChI is InChI=1S/C11H13NO7.C6H12O5S/c13-8-5-19-11(16,10(15)9(8)14)6-1-3-7(4-2-6)12(17)18;7-1-2-3(8)4(9)5(10)6(12)11-2/h1-4,8-10,13-16H,5H2;2-10,12H,1H2/t8-,9-,10+,11?;2-,3-,4+,5-,6?/m11/s1. The van der Waals surface area contributed by atoms with Gasteiger partial charge in [-0.05, 0) is 12.1 Å². The Kier molecular flexibility index (Phi) is 8.71. The van der Waals surface area contributed by atoms with Crippen molar-refractivity contribution in [3.63, 3.8) is 0 Å². The maximum absolute atomic E-state index is 10.5. The summed E-state index contributed by atoms with van der Waals surface area (Å²) < 4.78 is 9.86. The number of benzene rings is 1. The van der Waals surface area contributed by atoms with Gasteiger partial charge in [0, 0.05) is 17.7 Å². The van der Waals surface area contributed by atoms with E-state index in [0.29, 0.717) is 0 Å². The molecule has 176 valence electrons. The third-order valence-electron chi connectivity index (χ3n) is 4.95. The van der Waals surface area contributed by atoms with Crippen LogP contribution in [0.25, 0.3) is 0 Å². The Bertz CT molecular complexity index is 734. The first-order valence-corrected chi connectivity index (χ1v) is 9.59. The zero-order chi connectivity index (χ0) is 23.5. The molecule has 14 heteroatoms. The average Bonchev–Trinajstić information content (AvgIpc) is 2.76. The molecule has 0 radical (unpaired) electrons. The number of nitro groups is 1. The molecule has 0 aromatic heterocycles. The van der Waals surface area contributed by atoms with Crippen LogP contribution in [0.2, 0.25) is 0 Å². The van der Waals surface area contributed by atoms with E-state index < -0.39 is 65.5 Å². The molecule has 8 N–H and O–H groups in total. The van der Waals surface area contributed by atoms with E-state index in [9.17, 15) is 40.8 Å². The number of rotatable bonds is 3. The summed E-state index contributed by atoms with van der Waals surface area (Å²) in [5.74, 6) is -2.21. The number of aliphatic hydroxyl groups is 8. The first-order valence-electron chi connectivity index (χ1n) is 9.08. The third-order valence-corrected chi connectivity index (χ3v) is 5.38. The van der Waals surface area contributed by atoms with Crippen molar-refractivity contribution in [1.82, 2.24) is 0 Å². The minimum atomic E-state index is -2.21. The predicted octanol–water partition coefficient (Wildman–Crippen LogP) is -3.43. The third kappa shape index (κ3) is 5.50. The Labute approximate surface area is 181 Å². The van der Waals surface area contributed by atoms with E-state index >= 15 is 0 Å². The molecule has 1 aromatic carbocycles. The fraction of sp³-hybridized carbons (Fsp3) is 0.647. The Balaban J connectivity index is 0.000000245. The summed E-state index contributed by atoms with van der Waals surface area (Å²) >= 11 is 3.81. The van der Waals surface area contributed by atoms with Gasteiger partial charge in [-0.1, -0.05) is 0 Å². The maximum Gasteiger partial charge on any atom is 0.269 e. The van der Waals surface area contributed by atoms with Crippen molar-refractivity contribution in [1.29, 1.82) is 0 Å². The number of thiol groups is 1. The lowest BCUT2D eigenvalue weighted by atomic mass is 9.91. The van der Waals surface area contributed by atoms with Crippen LogP contribution in [0.15, 0.2) is 24.3 Å². The molecule has 13 nitrogen and oxygen atoms in total. The van der Waals surface area contributed by atoms with E-state index in [-0.39, 0.29) is 17.9 Å². The fourth-order valence-electron chi connectivity index (χ4n) is 3.00. The van der Waals surface area contributed by atoms with Gasteiger partial charge in [0.15, 0.2) is 0 Å². The fourth-order valence-corrected chi connectivity index (χ4v) is 3.33. The minimum Gasteiger partial charge on any atom is -0.394 e. The zero-order valence-corrected chi connectivity index (χ0v) is 16.8. The van der Waals surface area contributed by atoms with Crippen LogP contribution >= 0.6 is 12.6 Å². The van der Waals surface area contributed by atoms with Crippen LogP contribution < -0.4 is 0 Å². The van der Waals surface area contributed by atoms with Gasteiger partial charge in [-0.2, -0.15) is 0 Å². The predicted molar refractivity (Wildman–Crippen MR) is 104 cm³/mol. The van der Waals surface area contributed by atoms with Crippen LogP contribution in [0.5, 0.6) is 0 Å². The van der Waals surface area contributed by atoms with E-state index in [2.05, 4.69) is 12.6 Å². The first kappa shape index (κ1) is 25.8. The Morgan fingerprint density at radius 1 is 1.03 bits per heavy atom. The lowest BCUT2D eigenvalue weighted by Crippen LogP contribution is -2.58. The highest BCUT2D eigenvalue weighted by Gasteiger charge is 2.49. The van der Waals surface area contributed by atoms with Crippen LogP contribution in [0.1, 0.15) is 5.56 Å². The van der Waals surface area contributed by atoms with Gasteiger partial charge in [0.1, 0.15) is 48.2 Å². The molecule has 2 unspecified atom stereocenters. The highest BCUT2D eigenvalue weighted by atomic mass is 32.1. The van der Waals surface area contributed by atoms with Gasteiger partial charge in [0.25, 0.3) is 5.69 Å². The molecule has 0 bridgehead atoms. The Hall–Kier alpha value is -1.43. The monoisotopic (exact) mass is 467 g/mol. The molecular formula is C17H25NO12S. The van der Waals surface area contributed by atoms with Crippen molar-refractivity contribution in [2.45, 2.75) is 54.0 Å². The summed E-state index contributed by atoms with van der Waals surface area (Å²) in [6, 6.07) is 4.71. The van der Waals surface area contributed by atoms with E-state index in [1.165, 1.54) is 12.1 Å². The van der Waals surface area contributed by atoms with Crippen molar-refractivity contribution in [2.75, 3.05) is 13.2 Å². The van der Waals surface area contributed by atoms with Gasteiger partial charge < -0.3 is 50.3 Å². The average molecular weight is 467 g/mol. The number of aliphatic hydroxyl groups excluding tert-OH is 7. The van der Waals surface area contributed by atoms with Crippen molar-refractivity contribution < 1.29 is 55.2 Å². The quantitative estimate of drug-likeness (QED) is 0.120. The van der Waals surface area contributed by atoms with Crippen molar-refractivity contribution >= 4 is 18.3 Å². The molecular weight excluding hydrogens is 442 g/mol. The van der Waals surface area contributed by atoms with E-state index in [4.69, 9.17) is 19.7 Å². The summed E-state index contributed by atoms with van der Waals surface area (Å²) in [6.07, 6.45) is -9.36. The number of ether oxygens (including phenoxy) is 2. The van der Waals surface area contributed by atoms with Crippen LogP contribution in [-0.2, 0) is 15.3 Å². The molecule has 0 saturated carbocycles. The molecule has 0 spiro atoms. The molecule has 2 heterocycles. The minimum absolute atomic E-state index is 0.0524. The van der Waals surface area contributed by atoms with Gasteiger partial charge >= 0.3 is 0 Å². The van der Waals surface area contributed by atoms with Crippen LogP contribution in [0, 0.1) is 10.1 Å². The number of nitro benzene ring substituents is 1.